The van der Waals surface area contributed by atoms with Gasteiger partial charge in [0.2, 0.25) is 0 Å². The second-order valence-corrected chi connectivity index (χ2v) is 7.47. The van der Waals surface area contributed by atoms with E-state index >= 15 is 0 Å². The van der Waals surface area contributed by atoms with Crippen LogP contribution in [0.4, 0.5) is 0 Å². The summed E-state index contributed by atoms with van der Waals surface area (Å²) in [6, 6.07) is 3.97. The van der Waals surface area contributed by atoms with Crippen LogP contribution in [0.2, 0.25) is 0 Å². The number of carbonyl (C=O) groups is 1. The third kappa shape index (κ3) is 4.53. The van der Waals surface area contributed by atoms with Crippen LogP contribution in [-0.2, 0) is 17.8 Å². The minimum Gasteiger partial charge on any atom is -0.481 e. The first-order valence-corrected chi connectivity index (χ1v) is 8.51. The van der Waals surface area contributed by atoms with Crippen molar-refractivity contribution in [3.8, 4) is 0 Å². The molecule has 0 aliphatic heterocycles. The Hall–Kier alpha value is -0.910. The maximum atomic E-state index is 10.7. The molecular weight excluding hydrogens is 284 g/mol. The number of rotatable bonds is 7. The van der Waals surface area contributed by atoms with Crippen molar-refractivity contribution in [1.82, 2.24) is 10.2 Å². The molecule has 1 aliphatic rings. The van der Waals surface area contributed by atoms with E-state index in [0.717, 1.165) is 18.0 Å². The minimum absolute atomic E-state index is 0.131. The van der Waals surface area contributed by atoms with Gasteiger partial charge in [-0.3, -0.25) is 4.79 Å². The lowest BCUT2D eigenvalue weighted by Gasteiger charge is -2.43. The van der Waals surface area contributed by atoms with Gasteiger partial charge in [-0.25, -0.2) is 0 Å². The number of carboxylic acid groups (broad SMARTS) is 1. The Bertz CT molecular complexity index is 465. The van der Waals surface area contributed by atoms with Gasteiger partial charge in [0, 0.05) is 28.4 Å². The highest BCUT2D eigenvalue weighted by Gasteiger charge is 2.33. The standard InChI is InChI=1S/C16H26N2O2S/c1-18(2)16(8-4-3-5-9-16)12-17-11-14-7-6-13(21-14)10-15(19)20/h6-7,17H,3-5,8-12H2,1-2H3,(H,19,20). The van der Waals surface area contributed by atoms with Crippen LogP contribution in [0.3, 0.4) is 0 Å². The van der Waals surface area contributed by atoms with Gasteiger partial charge in [0.1, 0.15) is 0 Å². The van der Waals surface area contributed by atoms with E-state index in [9.17, 15) is 4.79 Å². The Balaban J connectivity index is 1.84. The normalized spacial score (nSPS) is 18.0. The summed E-state index contributed by atoms with van der Waals surface area (Å²) in [5, 5.41) is 12.4. The van der Waals surface area contributed by atoms with E-state index in [-0.39, 0.29) is 6.42 Å². The summed E-state index contributed by atoms with van der Waals surface area (Å²) in [7, 11) is 4.37. The second kappa shape index (κ2) is 7.38. The van der Waals surface area contributed by atoms with Gasteiger partial charge in [0.15, 0.2) is 0 Å². The molecule has 0 atom stereocenters. The molecule has 0 saturated heterocycles. The van der Waals surface area contributed by atoms with E-state index in [1.807, 2.05) is 12.1 Å². The molecule has 21 heavy (non-hydrogen) atoms. The van der Waals surface area contributed by atoms with Gasteiger partial charge < -0.3 is 15.3 Å². The zero-order valence-electron chi connectivity index (χ0n) is 13.0. The fourth-order valence-corrected chi connectivity index (χ4v) is 4.15. The summed E-state index contributed by atoms with van der Waals surface area (Å²) in [6.45, 7) is 1.84. The molecule has 0 aromatic carbocycles. The number of nitrogens with zero attached hydrogens (tertiary/aromatic N) is 1. The van der Waals surface area contributed by atoms with Crippen LogP contribution in [0.25, 0.3) is 0 Å². The Labute approximate surface area is 131 Å². The van der Waals surface area contributed by atoms with Crippen LogP contribution >= 0.6 is 11.3 Å². The molecule has 0 amide bonds. The van der Waals surface area contributed by atoms with Crippen molar-refractivity contribution in [1.29, 1.82) is 0 Å². The van der Waals surface area contributed by atoms with Crippen molar-refractivity contribution < 1.29 is 9.90 Å². The number of likely N-dealkylation sites (N-methyl/N-ethyl adjacent to an activating group) is 1. The van der Waals surface area contributed by atoms with Crippen molar-refractivity contribution in [2.24, 2.45) is 0 Å². The first-order valence-electron chi connectivity index (χ1n) is 7.69. The van der Waals surface area contributed by atoms with Gasteiger partial charge >= 0.3 is 5.97 Å². The van der Waals surface area contributed by atoms with Crippen LogP contribution in [-0.4, -0.2) is 42.2 Å². The predicted octanol–water partition coefficient (Wildman–Crippen LogP) is 2.73. The summed E-state index contributed by atoms with van der Waals surface area (Å²) in [5.74, 6) is -0.759. The molecule has 0 unspecified atom stereocenters. The van der Waals surface area contributed by atoms with E-state index in [4.69, 9.17) is 5.11 Å². The SMILES string of the molecule is CN(C)C1(CNCc2ccc(CC(=O)O)s2)CCCCC1. The largest absolute Gasteiger partial charge is 0.481 e. The Morgan fingerprint density at radius 1 is 1.29 bits per heavy atom. The van der Waals surface area contributed by atoms with Crippen LogP contribution in [0.1, 0.15) is 41.9 Å². The summed E-state index contributed by atoms with van der Waals surface area (Å²) < 4.78 is 0. The molecular formula is C16H26N2O2S. The third-order valence-corrected chi connectivity index (χ3v) is 5.61. The molecule has 1 aromatic rings. The van der Waals surface area contributed by atoms with Gasteiger partial charge in [-0.2, -0.15) is 0 Å². The first-order chi connectivity index (χ1) is 10.0. The lowest BCUT2D eigenvalue weighted by molar-refractivity contribution is -0.136. The molecule has 2 N–H and O–H groups in total. The highest BCUT2D eigenvalue weighted by molar-refractivity contribution is 7.12. The monoisotopic (exact) mass is 310 g/mol. The zero-order valence-corrected chi connectivity index (χ0v) is 13.8. The van der Waals surface area contributed by atoms with E-state index in [0.29, 0.717) is 5.54 Å². The molecule has 118 valence electrons. The third-order valence-electron chi connectivity index (χ3n) is 4.53. The maximum absolute atomic E-state index is 10.7. The van der Waals surface area contributed by atoms with Gasteiger partial charge in [-0.1, -0.05) is 19.3 Å². The molecule has 1 heterocycles. The fraction of sp³-hybridized carbons (Fsp3) is 0.688. The van der Waals surface area contributed by atoms with Gasteiger partial charge in [-0.15, -0.1) is 11.3 Å². The first kappa shape index (κ1) is 16.5. The Morgan fingerprint density at radius 2 is 1.95 bits per heavy atom. The molecule has 1 saturated carbocycles. The predicted molar refractivity (Wildman–Crippen MR) is 86.9 cm³/mol. The molecule has 5 heteroatoms. The summed E-state index contributed by atoms with van der Waals surface area (Å²) in [5.41, 5.74) is 0.291. The fourth-order valence-electron chi connectivity index (χ4n) is 3.17. The number of carboxylic acids is 1. The van der Waals surface area contributed by atoms with E-state index < -0.39 is 5.97 Å². The number of thiophene rings is 1. The molecule has 0 bridgehead atoms. The average Bonchev–Trinajstić information content (AvgIpc) is 2.86. The molecule has 0 spiro atoms. The van der Waals surface area contributed by atoms with Gasteiger partial charge in [-0.05, 0) is 39.1 Å². The van der Waals surface area contributed by atoms with E-state index in [2.05, 4.69) is 24.3 Å². The molecule has 0 radical (unpaired) electrons. The van der Waals surface area contributed by atoms with E-state index in [1.54, 1.807) is 11.3 Å². The van der Waals surface area contributed by atoms with Crippen LogP contribution in [0.5, 0.6) is 0 Å². The lowest BCUT2D eigenvalue weighted by Crippen LogP contribution is -2.52. The smallest absolute Gasteiger partial charge is 0.308 e. The number of hydrogen-bond donors (Lipinski definition) is 2. The van der Waals surface area contributed by atoms with Crippen LogP contribution in [0.15, 0.2) is 12.1 Å². The lowest BCUT2D eigenvalue weighted by atomic mass is 9.80. The van der Waals surface area contributed by atoms with Gasteiger partial charge in [0.05, 0.1) is 6.42 Å². The maximum Gasteiger partial charge on any atom is 0.308 e. The van der Waals surface area contributed by atoms with E-state index in [1.165, 1.54) is 37.0 Å². The van der Waals surface area contributed by atoms with Crippen molar-refractivity contribution in [2.45, 2.75) is 50.6 Å². The molecule has 1 aliphatic carbocycles. The quantitative estimate of drug-likeness (QED) is 0.813. The van der Waals surface area contributed by atoms with Crippen molar-refractivity contribution >= 4 is 17.3 Å². The summed E-state index contributed by atoms with van der Waals surface area (Å²) in [6.07, 6.45) is 6.66. The molecule has 4 nitrogen and oxygen atoms in total. The summed E-state index contributed by atoms with van der Waals surface area (Å²) >= 11 is 1.60. The number of nitrogens with one attached hydrogen (secondary N) is 1. The van der Waals surface area contributed by atoms with Crippen LogP contribution < -0.4 is 5.32 Å². The average molecular weight is 310 g/mol. The second-order valence-electron chi connectivity index (χ2n) is 6.22. The van der Waals surface area contributed by atoms with Gasteiger partial charge in [0.25, 0.3) is 0 Å². The van der Waals surface area contributed by atoms with Crippen molar-refractivity contribution in [3.05, 3.63) is 21.9 Å². The minimum atomic E-state index is -0.759. The number of aliphatic carboxylic acids is 1. The molecule has 1 aromatic heterocycles. The Morgan fingerprint density at radius 3 is 2.57 bits per heavy atom. The highest BCUT2D eigenvalue weighted by atomic mass is 32.1. The number of hydrogen-bond acceptors (Lipinski definition) is 4. The molecule has 2 rings (SSSR count). The Kier molecular flexibility index (Phi) is 5.79. The van der Waals surface area contributed by atoms with Crippen LogP contribution in [0, 0.1) is 0 Å². The summed E-state index contributed by atoms with van der Waals surface area (Å²) in [4.78, 5) is 15.2. The topological polar surface area (TPSA) is 52.6 Å². The zero-order chi connectivity index (χ0) is 15.3. The highest BCUT2D eigenvalue weighted by Crippen LogP contribution is 2.31. The molecule has 1 fully saturated rings. The van der Waals surface area contributed by atoms with Crippen molar-refractivity contribution in [3.63, 3.8) is 0 Å². The van der Waals surface area contributed by atoms with Crippen molar-refractivity contribution in [2.75, 3.05) is 20.6 Å².